The highest BCUT2D eigenvalue weighted by molar-refractivity contribution is 6.38. The van der Waals surface area contributed by atoms with Gasteiger partial charge in [0.1, 0.15) is 28.1 Å². The lowest BCUT2D eigenvalue weighted by Crippen LogP contribution is -2.14. The highest BCUT2D eigenvalue weighted by Gasteiger charge is 2.21. The van der Waals surface area contributed by atoms with E-state index in [1.54, 1.807) is 0 Å². The maximum absolute atomic E-state index is 14.0. The van der Waals surface area contributed by atoms with E-state index in [2.05, 4.69) is 10.3 Å². The number of aromatic hydroxyl groups is 1. The maximum Gasteiger partial charge on any atom is 0.322 e. The standard InChI is InChI=1S/C16H14Cl3FN2O4/c1-6(2)8-3-7(4-9(17)13(8)25)26-14-11(18)15(20)22-16(12(14)19)21-5-10(23)24/h3-4,6,25H,5H2,1-2H3,(H,21,22)(H,23,24). The van der Waals surface area contributed by atoms with Crippen molar-refractivity contribution in [1.82, 2.24) is 4.98 Å². The second-order valence-corrected chi connectivity index (χ2v) is 6.72. The first-order chi connectivity index (χ1) is 12.1. The van der Waals surface area contributed by atoms with Crippen LogP contribution in [0, 0.1) is 5.95 Å². The van der Waals surface area contributed by atoms with E-state index in [1.807, 2.05) is 13.8 Å². The molecule has 1 heterocycles. The van der Waals surface area contributed by atoms with Crippen molar-refractivity contribution in [2.24, 2.45) is 0 Å². The van der Waals surface area contributed by atoms with Gasteiger partial charge in [0.05, 0.1) is 5.02 Å². The molecule has 1 aromatic carbocycles. The van der Waals surface area contributed by atoms with Crippen molar-refractivity contribution in [1.29, 1.82) is 0 Å². The molecular weight excluding hydrogens is 410 g/mol. The van der Waals surface area contributed by atoms with Crippen LogP contribution < -0.4 is 10.1 Å². The Labute approximate surface area is 163 Å². The van der Waals surface area contributed by atoms with Crippen molar-refractivity contribution in [2.45, 2.75) is 19.8 Å². The molecule has 0 aliphatic carbocycles. The molecule has 0 spiro atoms. The Bertz CT molecular complexity index is 862. The Kier molecular flexibility index (Phi) is 6.39. The van der Waals surface area contributed by atoms with E-state index in [1.165, 1.54) is 12.1 Å². The fraction of sp³-hybridized carbons (Fsp3) is 0.250. The number of carboxylic acids is 1. The van der Waals surface area contributed by atoms with Crippen molar-refractivity contribution in [3.05, 3.63) is 38.7 Å². The van der Waals surface area contributed by atoms with Gasteiger partial charge in [0.15, 0.2) is 11.6 Å². The normalized spacial score (nSPS) is 10.9. The molecule has 140 valence electrons. The summed E-state index contributed by atoms with van der Waals surface area (Å²) in [5, 5.41) is 20.4. The first-order valence-electron chi connectivity index (χ1n) is 7.32. The SMILES string of the molecule is CC(C)c1cc(Oc2c(Cl)c(F)nc(NCC(=O)O)c2Cl)cc(Cl)c1O. The lowest BCUT2D eigenvalue weighted by Gasteiger charge is -2.16. The minimum absolute atomic E-state index is 0.0391. The first-order valence-corrected chi connectivity index (χ1v) is 8.45. The van der Waals surface area contributed by atoms with Crippen LogP contribution in [0.15, 0.2) is 12.1 Å². The molecule has 0 saturated carbocycles. The van der Waals surface area contributed by atoms with Crippen LogP contribution in [0.4, 0.5) is 10.2 Å². The van der Waals surface area contributed by atoms with E-state index in [-0.39, 0.29) is 39.0 Å². The van der Waals surface area contributed by atoms with Crippen LogP contribution in [-0.2, 0) is 4.79 Å². The van der Waals surface area contributed by atoms with Gasteiger partial charge in [-0.1, -0.05) is 48.7 Å². The van der Waals surface area contributed by atoms with Crippen LogP contribution in [0.25, 0.3) is 0 Å². The third kappa shape index (κ3) is 4.41. The molecule has 26 heavy (non-hydrogen) atoms. The molecule has 3 N–H and O–H groups in total. The van der Waals surface area contributed by atoms with E-state index in [0.29, 0.717) is 5.56 Å². The van der Waals surface area contributed by atoms with E-state index >= 15 is 0 Å². The van der Waals surface area contributed by atoms with Gasteiger partial charge in [-0.05, 0) is 12.0 Å². The summed E-state index contributed by atoms with van der Waals surface area (Å²) in [7, 11) is 0. The summed E-state index contributed by atoms with van der Waals surface area (Å²) in [6.45, 7) is 3.15. The zero-order valence-corrected chi connectivity index (χ0v) is 15.9. The predicted octanol–water partition coefficient (Wildman–Crippen LogP) is 5.30. The first kappa shape index (κ1) is 20.4. The van der Waals surface area contributed by atoms with Gasteiger partial charge in [0.25, 0.3) is 0 Å². The van der Waals surface area contributed by atoms with Crippen LogP contribution in [0.1, 0.15) is 25.3 Å². The molecule has 0 aliphatic heterocycles. The van der Waals surface area contributed by atoms with E-state index in [0.717, 1.165) is 0 Å². The number of halogens is 4. The smallest absolute Gasteiger partial charge is 0.322 e. The highest BCUT2D eigenvalue weighted by atomic mass is 35.5. The fourth-order valence-electron chi connectivity index (χ4n) is 2.07. The number of rotatable bonds is 6. The van der Waals surface area contributed by atoms with Crippen molar-refractivity contribution in [2.75, 3.05) is 11.9 Å². The summed E-state index contributed by atoms with van der Waals surface area (Å²) in [4.78, 5) is 14.1. The molecule has 0 saturated heterocycles. The van der Waals surface area contributed by atoms with Gasteiger partial charge in [0.2, 0.25) is 5.95 Å². The zero-order chi connectivity index (χ0) is 19.6. The average Bonchev–Trinajstić information content (AvgIpc) is 2.56. The predicted molar refractivity (Wildman–Crippen MR) is 97.6 cm³/mol. The van der Waals surface area contributed by atoms with Gasteiger partial charge >= 0.3 is 5.97 Å². The summed E-state index contributed by atoms with van der Waals surface area (Å²) < 4.78 is 19.5. The van der Waals surface area contributed by atoms with Gasteiger partial charge in [0, 0.05) is 11.6 Å². The van der Waals surface area contributed by atoms with Gasteiger partial charge in [-0.2, -0.15) is 9.37 Å². The molecule has 0 amide bonds. The highest BCUT2D eigenvalue weighted by Crippen LogP contribution is 2.43. The zero-order valence-electron chi connectivity index (χ0n) is 13.6. The molecule has 0 radical (unpaired) electrons. The number of nitrogens with zero attached hydrogens (tertiary/aromatic N) is 1. The monoisotopic (exact) mass is 422 g/mol. The summed E-state index contributed by atoms with van der Waals surface area (Å²) in [5.74, 6) is -2.76. The molecule has 0 unspecified atom stereocenters. The maximum atomic E-state index is 14.0. The van der Waals surface area contributed by atoms with Crippen molar-refractivity contribution in [3.63, 3.8) is 0 Å². The number of aromatic nitrogens is 1. The molecule has 6 nitrogen and oxygen atoms in total. The van der Waals surface area contributed by atoms with Crippen LogP contribution in [0.2, 0.25) is 15.1 Å². The van der Waals surface area contributed by atoms with Crippen LogP contribution in [0.5, 0.6) is 17.2 Å². The van der Waals surface area contributed by atoms with Gasteiger partial charge < -0.3 is 20.3 Å². The summed E-state index contributed by atoms with van der Waals surface area (Å²) in [6, 6.07) is 2.83. The molecule has 1 aromatic heterocycles. The molecule has 2 aromatic rings. The van der Waals surface area contributed by atoms with Crippen molar-refractivity contribution in [3.8, 4) is 17.2 Å². The lowest BCUT2D eigenvalue weighted by atomic mass is 10.0. The lowest BCUT2D eigenvalue weighted by molar-refractivity contribution is -0.134. The van der Waals surface area contributed by atoms with E-state index in [4.69, 9.17) is 44.6 Å². The largest absolute Gasteiger partial charge is 0.506 e. The number of hydrogen-bond donors (Lipinski definition) is 3. The number of phenolic OH excluding ortho intramolecular Hbond substituents is 1. The van der Waals surface area contributed by atoms with Crippen molar-refractivity contribution >= 4 is 46.6 Å². The minimum atomic E-state index is -1.19. The quantitative estimate of drug-likeness (QED) is 0.546. The second-order valence-electron chi connectivity index (χ2n) is 5.56. The van der Waals surface area contributed by atoms with E-state index in [9.17, 15) is 14.3 Å². The molecule has 10 heteroatoms. The third-order valence-electron chi connectivity index (χ3n) is 3.31. The molecule has 0 atom stereocenters. The fourth-order valence-corrected chi connectivity index (χ4v) is 2.75. The molecule has 0 aliphatic rings. The summed E-state index contributed by atoms with van der Waals surface area (Å²) >= 11 is 18.0. The van der Waals surface area contributed by atoms with Crippen LogP contribution in [-0.4, -0.2) is 27.7 Å². The third-order valence-corrected chi connectivity index (χ3v) is 4.28. The van der Waals surface area contributed by atoms with Gasteiger partial charge in [-0.15, -0.1) is 0 Å². The number of ether oxygens (including phenoxy) is 1. The molecule has 0 bridgehead atoms. The molecule has 2 rings (SSSR count). The Hall–Kier alpha value is -1.96. The number of pyridine rings is 1. The van der Waals surface area contributed by atoms with Crippen molar-refractivity contribution < 1.29 is 24.1 Å². The summed E-state index contributed by atoms with van der Waals surface area (Å²) in [5.41, 5.74) is 0.512. The average molecular weight is 424 g/mol. The topological polar surface area (TPSA) is 91.7 Å². The Morgan fingerprint density at radius 3 is 2.54 bits per heavy atom. The van der Waals surface area contributed by atoms with Crippen LogP contribution >= 0.6 is 34.8 Å². The van der Waals surface area contributed by atoms with Gasteiger partial charge in [-0.3, -0.25) is 4.79 Å². The number of anilines is 1. The Morgan fingerprint density at radius 1 is 1.31 bits per heavy atom. The number of carbonyl (C=O) groups is 1. The Morgan fingerprint density at radius 2 is 1.96 bits per heavy atom. The molecule has 0 fully saturated rings. The number of hydrogen-bond acceptors (Lipinski definition) is 5. The number of benzene rings is 1. The number of aliphatic carboxylic acids is 1. The summed E-state index contributed by atoms with van der Waals surface area (Å²) in [6.07, 6.45) is 0. The second kappa shape index (κ2) is 8.16. The van der Waals surface area contributed by atoms with Gasteiger partial charge in [-0.25, -0.2) is 0 Å². The minimum Gasteiger partial charge on any atom is -0.506 e. The number of nitrogens with one attached hydrogen (secondary N) is 1. The Balaban J connectivity index is 2.48. The van der Waals surface area contributed by atoms with E-state index < -0.39 is 23.5 Å². The number of phenols is 1. The molecular formula is C16H14Cl3FN2O4. The van der Waals surface area contributed by atoms with Crippen LogP contribution in [0.3, 0.4) is 0 Å². The number of carboxylic acid groups (broad SMARTS) is 1.